The third-order valence-electron chi connectivity index (χ3n) is 4.23. The second-order valence-corrected chi connectivity index (χ2v) is 5.77. The van der Waals surface area contributed by atoms with Crippen molar-refractivity contribution in [2.75, 3.05) is 20.0 Å². The number of pyridine rings is 1. The van der Waals surface area contributed by atoms with E-state index in [1.807, 2.05) is 6.07 Å². The highest BCUT2D eigenvalue weighted by molar-refractivity contribution is 5.84. The van der Waals surface area contributed by atoms with Gasteiger partial charge in [-0.25, -0.2) is 4.98 Å². The Morgan fingerprint density at radius 1 is 1.07 bits per heavy atom. The second kappa shape index (κ2) is 7.63. The number of ether oxygens (including phenoxy) is 2. The van der Waals surface area contributed by atoms with Crippen molar-refractivity contribution in [1.29, 1.82) is 5.26 Å². The van der Waals surface area contributed by atoms with Crippen LogP contribution in [0.5, 0.6) is 11.5 Å². The van der Waals surface area contributed by atoms with E-state index in [1.165, 1.54) is 20.3 Å². The van der Waals surface area contributed by atoms with Crippen LogP contribution in [0.4, 0.5) is 11.5 Å². The normalized spacial score (nSPS) is 10.2. The number of rotatable bonds is 5. The summed E-state index contributed by atoms with van der Waals surface area (Å²) in [4.78, 5) is 15.2. The number of hydrogen-bond acceptors (Lipinski definition) is 7. The van der Waals surface area contributed by atoms with Gasteiger partial charge in [-0.2, -0.15) is 5.26 Å². The molecule has 0 fully saturated rings. The van der Waals surface area contributed by atoms with Crippen molar-refractivity contribution in [3.63, 3.8) is 0 Å². The quantitative estimate of drug-likeness (QED) is 0.530. The number of hydrogen-bond donors (Lipinski definition) is 1. The minimum atomic E-state index is -0.497. The molecule has 3 aromatic rings. The molecule has 0 aliphatic carbocycles. The predicted octanol–water partition coefficient (Wildman–Crippen LogP) is 3.79. The summed E-state index contributed by atoms with van der Waals surface area (Å²) in [6.07, 6.45) is 0. The summed E-state index contributed by atoms with van der Waals surface area (Å²) >= 11 is 0. The number of benzene rings is 2. The molecule has 0 unspecified atom stereocenters. The summed E-state index contributed by atoms with van der Waals surface area (Å²) in [5, 5.41) is 21.0. The number of anilines is 1. The summed E-state index contributed by atoms with van der Waals surface area (Å²) in [5.41, 5.74) is 7.70. The molecular formula is C20H16N4O4. The first kappa shape index (κ1) is 18.7. The molecule has 8 nitrogen and oxygen atoms in total. The first-order valence-corrected chi connectivity index (χ1v) is 8.17. The Labute approximate surface area is 160 Å². The fourth-order valence-electron chi connectivity index (χ4n) is 2.90. The van der Waals surface area contributed by atoms with Crippen LogP contribution < -0.4 is 15.2 Å². The predicted molar refractivity (Wildman–Crippen MR) is 104 cm³/mol. The molecule has 0 aliphatic rings. The van der Waals surface area contributed by atoms with Gasteiger partial charge in [-0.3, -0.25) is 10.1 Å². The number of nitriles is 1. The number of nitro groups is 1. The molecule has 1 aromatic heterocycles. The molecule has 0 radical (unpaired) electrons. The highest BCUT2D eigenvalue weighted by Crippen LogP contribution is 2.38. The Morgan fingerprint density at radius 2 is 1.79 bits per heavy atom. The van der Waals surface area contributed by atoms with Crippen LogP contribution in [0, 0.1) is 21.4 Å². The lowest BCUT2D eigenvalue weighted by Gasteiger charge is -2.12. The van der Waals surface area contributed by atoms with Gasteiger partial charge in [0.2, 0.25) is 0 Å². The van der Waals surface area contributed by atoms with Crippen LogP contribution in [0.1, 0.15) is 5.56 Å². The lowest BCUT2D eigenvalue weighted by Crippen LogP contribution is -2.01. The minimum Gasteiger partial charge on any atom is -0.493 e. The van der Waals surface area contributed by atoms with E-state index in [9.17, 15) is 15.4 Å². The lowest BCUT2D eigenvalue weighted by atomic mass is 9.97. The SMILES string of the molecule is COc1ccc(-c2cc(-c3ccccc3[N+](=O)[O-])c(C#N)c(N)n2)cc1OC. The number of nitrogen functional groups attached to an aromatic ring is 1. The first-order valence-electron chi connectivity index (χ1n) is 8.17. The summed E-state index contributed by atoms with van der Waals surface area (Å²) < 4.78 is 10.5. The molecule has 0 aliphatic heterocycles. The maximum absolute atomic E-state index is 11.4. The van der Waals surface area contributed by atoms with Crippen LogP contribution in [0.2, 0.25) is 0 Å². The smallest absolute Gasteiger partial charge is 0.277 e. The zero-order chi connectivity index (χ0) is 20.3. The van der Waals surface area contributed by atoms with Crippen molar-refractivity contribution < 1.29 is 14.4 Å². The number of methoxy groups -OCH3 is 2. The lowest BCUT2D eigenvalue weighted by molar-refractivity contribution is -0.384. The number of nitro benzene ring substituents is 1. The minimum absolute atomic E-state index is 0.0112. The van der Waals surface area contributed by atoms with E-state index < -0.39 is 4.92 Å². The molecule has 0 bridgehead atoms. The van der Waals surface area contributed by atoms with Gasteiger partial charge < -0.3 is 15.2 Å². The van der Waals surface area contributed by atoms with E-state index in [0.29, 0.717) is 33.9 Å². The third kappa shape index (κ3) is 3.29. The molecule has 2 aromatic carbocycles. The van der Waals surface area contributed by atoms with E-state index in [-0.39, 0.29) is 17.1 Å². The van der Waals surface area contributed by atoms with Crippen LogP contribution in [0.25, 0.3) is 22.4 Å². The van der Waals surface area contributed by atoms with Crippen molar-refractivity contribution in [3.8, 4) is 40.0 Å². The van der Waals surface area contributed by atoms with E-state index in [4.69, 9.17) is 15.2 Å². The maximum atomic E-state index is 11.4. The van der Waals surface area contributed by atoms with Crippen molar-refractivity contribution in [1.82, 2.24) is 4.98 Å². The molecule has 0 saturated carbocycles. The van der Waals surface area contributed by atoms with Crippen molar-refractivity contribution in [2.24, 2.45) is 0 Å². The molecule has 0 saturated heterocycles. The van der Waals surface area contributed by atoms with Crippen molar-refractivity contribution in [2.45, 2.75) is 0 Å². The molecule has 8 heteroatoms. The highest BCUT2D eigenvalue weighted by atomic mass is 16.6. The Balaban J connectivity index is 2.26. The zero-order valence-electron chi connectivity index (χ0n) is 15.2. The number of para-hydroxylation sites is 1. The summed E-state index contributed by atoms with van der Waals surface area (Å²) in [5.74, 6) is 1.03. The molecule has 3 rings (SSSR count). The van der Waals surface area contributed by atoms with E-state index in [2.05, 4.69) is 4.98 Å². The standard InChI is InChI=1S/C20H16N4O4/c1-27-18-8-7-12(9-19(18)28-2)16-10-14(15(11-21)20(22)23-16)13-5-3-4-6-17(13)24(25)26/h3-10H,1-2H3,(H2,22,23). The first-order chi connectivity index (χ1) is 13.5. The Kier molecular flexibility index (Phi) is 5.09. The molecule has 140 valence electrons. The Bertz CT molecular complexity index is 1110. The Hall–Kier alpha value is -4.12. The van der Waals surface area contributed by atoms with Crippen LogP contribution in [0.3, 0.4) is 0 Å². The van der Waals surface area contributed by atoms with Gasteiger partial charge in [0.05, 0.1) is 30.4 Å². The number of nitrogens with zero attached hydrogens (tertiary/aromatic N) is 3. The monoisotopic (exact) mass is 376 g/mol. The van der Waals surface area contributed by atoms with Gasteiger partial charge in [-0.15, -0.1) is 0 Å². The zero-order valence-corrected chi connectivity index (χ0v) is 15.2. The van der Waals surface area contributed by atoms with Crippen LogP contribution in [-0.4, -0.2) is 24.1 Å². The molecule has 28 heavy (non-hydrogen) atoms. The number of nitrogens with two attached hydrogens (primary N) is 1. The fourth-order valence-corrected chi connectivity index (χ4v) is 2.90. The highest BCUT2D eigenvalue weighted by Gasteiger charge is 2.21. The molecule has 2 N–H and O–H groups in total. The Morgan fingerprint density at radius 3 is 2.43 bits per heavy atom. The average molecular weight is 376 g/mol. The van der Waals surface area contributed by atoms with Crippen molar-refractivity contribution >= 4 is 11.5 Å². The average Bonchev–Trinajstić information content (AvgIpc) is 2.72. The second-order valence-electron chi connectivity index (χ2n) is 5.77. The van der Waals surface area contributed by atoms with Crippen LogP contribution in [-0.2, 0) is 0 Å². The van der Waals surface area contributed by atoms with E-state index in [1.54, 1.807) is 42.5 Å². The summed E-state index contributed by atoms with van der Waals surface area (Å²) in [7, 11) is 3.04. The molecule has 0 amide bonds. The van der Waals surface area contributed by atoms with E-state index >= 15 is 0 Å². The largest absolute Gasteiger partial charge is 0.493 e. The molecule has 0 spiro atoms. The summed E-state index contributed by atoms with van der Waals surface area (Å²) in [6.45, 7) is 0. The van der Waals surface area contributed by atoms with Gasteiger partial charge in [-0.1, -0.05) is 12.1 Å². The molecule has 0 atom stereocenters. The topological polar surface area (TPSA) is 124 Å². The van der Waals surface area contributed by atoms with Gasteiger partial charge in [-0.05, 0) is 30.3 Å². The van der Waals surface area contributed by atoms with E-state index in [0.717, 1.165) is 0 Å². The van der Waals surface area contributed by atoms with Crippen LogP contribution >= 0.6 is 0 Å². The van der Waals surface area contributed by atoms with Crippen molar-refractivity contribution in [3.05, 3.63) is 64.2 Å². The van der Waals surface area contributed by atoms with Crippen LogP contribution in [0.15, 0.2) is 48.5 Å². The van der Waals surface area contributed by atoms with Gasteiger partial charge in [0.1, 0.15) is 17.5 Å². The summed E-state index contributed by atoms with van der Waals surface area (Å²) in [6, 6.07) is 15.0. The fraction of sp³-hybridized carbons (Fsp3) is 0.100. The third-order valence-corrected chi connectivity index (χ3v) is 4.23. The van der Waals surface area contributed by atoms with Gasteiger partial charge in [0.15, 0.2) is 11.5 Å². The maximum Gasteiger partial charge on any atom is 0.277 e. The molecular weight excluding hydrogens is 360 g/mol. The van der Waals surface area contributed by atoms with Gasteiger partial charge in [0, 0.05) is 17.2 Å². The van der Waals surface area contributed by atoms with Gasteiger partial charge >= 0.3 is 0 Å². The van der Waals surface area contributed by atoms with Gasteiger partial charge in [0.25, 0.3) is 5.69 Å². The number of aromatic nitrogens is 1. The molecule has 1 heterocycles.